The van der Waals surface area contributed by atoms with Crippen molar-refractivity contribution < 1.29 is 34.6 Å². The standard InChI is InChI=1S/C25H35O3P.Li.H/c1-15(2)13-27-21-9-10-23(22(12-21)28-14-16(3)4)29-25(26)24-18(6)11-17(5)19(7)20(24)8;;/h9-12,15-16,29H,13-14H2,1-8H3;;/q;+1;-1. The zero-order valence-corrected chi connectivity index (χ0v) is 21.1. The van der Waals surface area contributed by atoms with E-state index in [2.05, 4.69) is 47.6 Å². The van der Waals surface area contributed by atoms with E-state index in [9.17, 15) is 4.79 Å². The van der Waals surface area contributed by atoms with Gasteiger partial charge in [-0.25, -0.2) is 0 Å². The molecule has 0 aliphatic rings. The van der Waals surface area contributed by atoms with Crippen molar-refractivity contribution in [2.75, 3.05) is 13.2 Å². The SMILES string of the molecule is Cc1cc(C)c(C(=O)Pc2ccc(OCC(C)C)cc2OCC(C)C)c(C)c1C.[H-].[Li+]. The average Bonchev–Trinajstić information content (AvgIpc) is 2.64. The van der Waals surface area contributed by atoms with Crippen LogP contribution in [0.3, 0.4) is 0 Å². The van der Waals surface area contributed by atoms with Crippen LogP contribution in [0, 0.1) is 39.5 Å². The van der Waals surface area contributed by atoms with E-state index in [0.29, 0.717) is 25.0 Å². The zero-order valence-electron chi connectivity index (χ0n) is 21.1. The second-order valence-electron chi connectivity index (χ2n) is 8.66. The van der Waals surface area contributed by atoms with Crippen LogP contribution in [-0.4, -0.2) is 18.7 Å². The molecule has 1 unspecified atom stereocenters. The maximum atomic E-state index is 13.2. The molecule has 0 heterocycles. The molecule has 1 atom stereocenters. The molecule has 0 aliphatic carbocycles. The summed E-state index contributed by atoms with van der Waals surface area (Å²) in [7, 11) is 0.0182. The number of hydrogen-bond acceptors (Lipinski definition) is 3. The molecule has 30 heavy (non-hydrogen) atoms. The Morgan fingerprint density at radius 3 is 2.10 bits per heavy atom. The van der Waals surface area contributed by atoms with E-state index in [1.807, 2.05) is 32.0 Å². The van der Waals surface area contributed by atoms with Crippen LogP contribution in [0.4, 0.5) is 0 Å². The van der Waals surface area contributed by atoms with Crippen LogP contribution in [0.2, 0.25) is 0 Å². The number of aryl methyl sites for hydroxylation is 2. The molecule has 3 nitrogen and oxygen atoms in total. The number of rotatable bonds is 9. The first-order chi connectivity index (χ1) is 13.6. The molecular formula is C25H36LiO3P. The fourth-order valence-electron chi connectivity index (χ4n) is 3.15. The first-order valence-corrected chi connectivity index (χ1v) is 11.4. The summed E-state index contributed by atoms with van der Waals surface area (Å²) in [5, 5.41) is 0.935. The zero-order chi connectivity index (χ0) is 21.7. The quantitative estimate of drug-likeness (QED) is 0.460. The Morgan fingerprint density at radius 2 is 1.50 bits per heavy atom. The number of carbonyl (C=O) groups is 1. The molecule has 2 aromatic carbocycles. The van der Waals surface area contributed by atoms with Gasteiger partial charge < -0.3 is 10.9 Å². The molecule has 2 rings (SSSR count). The molecule has 5 heteroatoms. The van der Waals surface area contributed by atoms with E-state index in [1.54, 1.807) is 0 Å². The maximum absolute atomic E-state index is 13.2. The molecule has 0 radical (unpaired) electrons. The number of carbonyl (C=O) groups excluding carboxylic acids is 1. The summed E-state index contributed by atoms with van der Waals surface area (Å²) in [6.07, 6.45) is 0. The molecule has 0 N–H and O–H groups in total. The third-order valence-corrected chi connectivity index (χ3v) is 6.10. The van der Waals surface area contributed by atoms with Crippen LogP contribution in [-0.2, 0) is 0 Å². The van der Waals surface area contributed by atoms with Crippen LogP contribution in [0.15, 0.2) is 24.3 Å². The molecule has 0 aliphatic heterocycles. The van der Waals surface area contributed by atoms with Crippen LogP contribution in [0.1, 0.15) is 61.7 Å². The molecular weight excluding hydrogens is 386 g/mol. The number of ether oxygens (including phenoxy) is 2. The smallest absolute Gasteiger partial charge is 1.00 e. The van der Waals surface area contributed by atoms with Gasteiger partial charge >= 0.3 is 18.9 Å². The van der Waals surface area contributed by atoms with Gasteiger partial charge in [-0.3, -0.25) is 4.79 Å². The van der Waals surface area contributed by atoms with Gasteiger partial charge in [0.2, 0.25) is 0 Å². The first-order valence-electron chi connectivity index (χ1n) is 10.4. The minimum Gasteiger partial charge on any atom is -1.00 e. The molecule has 0 bridgehead atoms. The topological polar surface area (TPSA) is 35.5 Å². The van der Waals surface area contributed by atoms with Gasteiger partial charge in [0.05, 0.1) is 13.2 Å². The predicted molar refractivity (Wildman–Crippen MR) is 126 cm³/mol. The summed E-state index contributed by atoms with van der Waals surface area (Å²) in [4.78, 5) is 13.2. The summed E-state index contributed by atoms with van der Waals surface area (Å²) in [5.74, 6) is 2.41. The van der Waals surface area contributed by atoms with Crippen molar-refractivity contribution in [2.45, 2.75) is 55.4 Å². The Bertz CT molecular complexity index is 882. The third kappa shape index (κ3) is 7.16. The van der Waals surface area contributed by atoms with E-state index < -0.39 is 0 Å². The summed E-state index contributed by atoms with van der Waals surface area (Å²) < 4.78 is 11.9. The molecule has 0 spiro atoms. The van der Waals surface area contributed by atoms with E-state index in [-0.39, 0.29) is 34.4 Å². The van der Waals surface area contributed by atoms with Gasteiger partial charge in [0.1, 0.15) is 11.5 Å². The van der Waals surface area contributed by atoms with Crippen LogP contribution >= 0.6 is 8.58 Å². The summed E-state index contributed by atoms with van der Waals surface area (Å²) in [6.45, 7) is 18.0. The van der Waals surface area contributed by atoms with Crippen LogP contribution < -0.4 is 33.6 Å². The Balaban J connectivity index is 0.00000450. The van der Waals surface area contributed by atoms with Crippen LogP contribution in [0.5, 0.6) is 11.5 Å². The van der Waals surface area contributed by atoms with Gasteiger partial charge in [0.25, 0.3) is 0 Å². The fraction of sp³-hybridized carbons (Fsp3) is 0.480. The molecule has 0 saturated heterocycles. The Kier molecular flexibility index (Phi) is 10.7. The summed E-state index contributed by atoms with van der Waals surface area (Å²) in [6, 6.07) is 7.97. The minimum absolute atomic E-state index is 0. The maximum Gasteiger partial charge on any atom is 1.00 e. The first kappa shape index (κ1) is 26.8. The van der Waals surface area contributed by atoms with Crippen LogP contribution in [0.25, 0.3) is 0 Å². The molecule has 0 amide bonds. The van der Waals surface area contributed by atoms with Crippen molar-refractivity contribution in [3.05, 3.63) is 52.1 Å². The van der Waals surface area contributed by atoms with Gasteiger partial charge in [0, 0.05) is 16.9 Å². The van der Waals surface area contributed by atoms with Gasteiger partial charge in [-0.05, 0) is 82.5 Å². The molecule has 2 aromatic rings. The minimum atomic E-state index is 0. The van der Waals surface area contributed by atoms with Crippen molar-refractivity contribution in [3.8, 4) is 11.5 Å². The van der Waals surface area contributed by atoms with Crippen molar-refractivity contribution in [1.29, 1.82) is 0 Å². The second kappa shape index (κ2) is 11.9. The van der Waals surface area contributed by atoms with Crippen molar-refractivity contribution in [3.63, 3.8) is 0 Å². The second-order valence-corrected chi connectivity index (χ2v) is 9.90. The Labute approximate surface area is 197 Å². The van der Waals surface area contributed by atoms with E-state index in [4.69, 9.17) is 9.47 Å². The van der Waals surface area contributed by atoms with Gasteiger partial charge in [-0.15, -0.1) is 0 Å². The largest absolute Gasteiger partial charge is 1.00 e. The number of hydrogen-bond donors (Lipinski definition) is 0. The normalized spacial score (nSPS) is 11.3. The number of benzene rings is 2. The Morgan fingerprint density at radius 1 is 0.900 bits per heavy atom. The van der Waals surface area contributed by atoms with Crippen molar-refractivity contribution in [2.24, 2.45) is 11.8 Å². The van der Waals surface area contributed by atoms with E-state index in [0.717, 1.165) is 33.5 Å². The van der Waals surface area contributed by atoms with Crippen molar-refractivity contribution in [1.82, 2.24) is 0 Å². The summed E-state index contributed by atoms with van der Waals surface area (Å²) in [5.41, 5.74) is 5.56. The van der Waals surface area contributed by atoms with Crippen molar-refractivity contribution >= 4 is 19.4 Å². The molecule has 0 fully saturated rings. The monoisotopic (exact) mass is 422 g/mol. The Hall–Kier alpha value is -1.26. The summed E-state index contributed by atoms with van der Waals surface area (Å²) >= 11 is 0. The van der Waals surface area contributed by atoms with Gasteiger partial charge in [-0.2, -0.15) is 0 Å². The molecule has 0 saturated carbocycles. The molecule has 0 aromatic heterocycles. The van der Waals surface area contributed by atoms with Gasteiger partial charge in [0.15, 0.2) is 5.52 Å². The predicted octanol–water partition coefficient (Wildman–Crippen LogP) is 3.25. The molecule has 160 valence electrons. The third-order valence-electron chi connectivity index (χ3n) is 4.94. The fourth-order valence-corrected chi connectivity index (χ4v) is 4.34. The average molecular weight is 422 g/mol. The van der Waals surface area contributed by atoms with E-state index in [1.165, 1.54) is 11.1 Å². The van der Waals surface area contributed by atoms with Gasteiger partial charge in [-0.1, -0.05) is 33.8 Å². The van der Waals surface area contributed by atoms with E-state index >= 15 is 0 Å².